The average molecular weight is 267 g/mol. The van der Waals surface area contributed by atoms with Crippen molar-refractivity contribution in [2.75, 3.05) is 0 Å². The van der Waals surface area contributed by atoms with Crippen LogP contribution in [0.15, 0.2) is 59.4 Å². The van der Waals surface area contributed by atoms with Gasteiger partial charge in [0.2, 0.25) is 5.56 Å². The monoisotopic (exact) mass is 267 g/mol. The number of carbonyl (C=O) groups is 1. The maximum absolute atomic E-state index is 12.9. The van der Waals surface area contributed by atoms with Crippen LogP contribution in [0.5, 0.6) is 0 Å². The number of halogens is 1. The number of hydrogen-bond acceptors (Lipinski definition) is 2. The number of rotatable bonds is 2. The van der Waals surface area contributed by atoms with Gasteiger partial charge < -0.3 is 4.98 Å². The first-order chi connectivity index (χ1) is 9.63. The highest BCUT2D eigenvalue weighted by Crippen LogP contribution is 2.16. The molecule has 0 aliphatic carbocycles. The molecule has 3 rings (SSSR count). The number of pyridine rings is 1. The van der Waals surface area contributed by atoms with E-state index >= 15 is 0 Å². The molecule has 0 unspecified atom stereocenters. The van der Waals surface area contributed by atoms with Crippen LogP contribution in [0.2, 0.25) is 0 Å². The van der Waals surface area contributed by atoms with Gasteiger partial charge in [0.1, 0.15) is 5.82 Å². The fourth-order valence-corrected chi connectivity index (χ4v) is 2.06. The summed E-state index contributed by atoms with van der Waals surface area (Å²) in [4.78, 5) is 26.2. The van der Waals surface area contributed by atoms with Crippen molar-refractivity contribution in [3.05, 3.63) is 81.9 Å². The molecule has 1 heterocycles. The molecule has 0 aliphatic heterocycles. The van der Waals surface area contributed by atoms with E-state index in [1.165, 1.54) is 30.3 Å². The van der Waals surface area contributed by atoms with Crippen LogP contribution in [0, 0.1) is 5.82 Å². The highest BCUT2D eigenvalue weighted by Gasteiger charge is 2.09. The van der Waals surface area contributed by atoms with Gasteiger partial charge in [-0.25, -0.2) is 4.39 Å². The summed E-state index contributed by atoms with van der Waals surface area (Å²) in [6.45, 7) is 0. The summed E-state index contributed by atoms with van der Waals surface area (Å²) >= 11 is 0. The molecule has 0 bridgehead atoms. The highest BCUT2D eigenvalue weighted by molar-refractivity contribution is 6.10. The molecule has 98 valence electrons. The lowest BCUT2D eigenvalue weighted by Gasteiger charge is -2.03. The molecule has 3 nitrogen and oxygen atoms in total. The van der Waals surface area contributed by atoms with E-state index in [4.69, 9.17) is 0 Å². The zero-order chi connectivity index (χ0) is 14.1. The molecule has 4 heteroatoms. The Kier molecular flexibility index (Phi) is 2.91. The first-order valence-corrected chi connectivity index (χ1v) is 6.07. The summed E-state index contributed by atoms with van der Waals surface area (Å²) in [6, 6.07) is 13.5. The zero-order valence-corrected chi connectivity index (χ0v) is 10.4. The van der Waals surface area contributed by atoms with E-state index in [1.54, 1.807) is 24.3 Å². The molecule has 0 saturated heterocycles. The number of aromatic amines is 1. The Bertz CT molecular complexity index is 850. The Morgan fingerprint density at radius 2 is 1.60 bits per heavy atom. The summed E-state index contributed by atoms with van der Waals surface area (Å²) in [5, 5.41) is 0.776. The lowest BCUT2D eigenvalue weighted by Crippen LogP contribution is -2.04. The summed E-state index contributed by atoms with van der Waals surface area (Å²) in [7, 11) is 0. The van der Waals surface area contributed by atoms with Crippen molar-refractivity contribution in [1.29, 1.82) is 0 Å². The van der Waals surface area contributed by atoms with E-state index < -0.39 is 0 Å². The van der Waals surface area contributed by atoms with Crippen LogP contribution in [0.25, 0.3) is 10.9 Å². The number of benzene rings is 2. The van der Waals surface area contributed by atoms with E-state index in [9.17, 15) is 14.0 Å². The minimum absolute atomic E-state index is 0.182. The van der Waals surface area contributed by atoms with Gasteiger partial charge in [0.25, 0.3) is 0 Å². The highest BCUT2D eigenvalue weighted by atomic mass is 19.1. The molecule has 1 N–H and O–H groups in total. The van der Waals surface area contributed by atoms with E-state index in [0.717, 1.165) is 5.39 Å². The third-order valence-corrected chi connectivity index (χ3v) is 3.09. The normalized spacial score (nSPS) is 10.7. The molecule has 20 heavy (non-hydrogen) atoms. The second-order valence-electron chi connectivity index (χ2n) is 4.46. The van der Waals surface area contributed by atoms with Crippen LogP contribution in [0.3, 0.4) is 0 Å². The first kappa shape index (κ1) is 12.3. The number of H-pyrrole nitrogens is 1. The third kappa shape index (κ3) is 2.23. The van der Waals surface area contributed by atoms with Crippen molar-refractivity contribution in [3.63, 3.8) is 0 Å². The molecule has 0 radical (unpaired) electrons. The second-order valence-corrected chi connectivity index (χ2v) is 4.46. The van der Waals surface area contributed by atoms with Crippen LogP contribution in [-0.4, -0.2) is 10.8 Å². The predicted octanol–water partition coefficient (Wildman–Crippen LogP) is 2.90. The van der Waals surface area contributed by atoms with Crippen LogP contribution in [-0.2, 0) is 0 Å². The standard InChI is InChI=1S/C16H10FNO2/c17-13-5-1-10(2-6-13)16(20)12-3-7-14-11(9-12)4-8-15(19)18-14/h1-9H,(H,18,19). The topological polar surface area (TPSA) is 49.9 Å². The van der Waals surface area contributed by atoms with Crippen molar-refractivity contribution in [2.45, 2.75) is 0 Å². The predicted molar refractivity (Wildman–Crippen MR) is 74.4 cm³/mol. The molecule has 0 aliphatic rings. The molecular formula is C16H10FNO2. The molecule has 0 saturated carbocycles. The van der Waals surface area contributed by atoms with E-state index in [0.29, 0.717) is 16.6 Å². The third-order valence-electron chi connectivity index (χ3n) is 3.09. The fourth-order valence-electron chi connectivity index (χ4n) is 2.06. The lowest BCUT2D eigenvalue weighted by molar-refractivity contribution is 0.103. The number of carbonyl (C=O) groups excluding carboxylic acids is 1. The summed E-state index contributed by atoms with van der Waals surface area (Å²) in [5.41, 5.74) is 1.41. The van der Waals surface area contributed by atoms with Gasteiger partial charge in [-0.2, -0.15) is 0 Å². The summed E-state index contributed by atoms with van der Waals surface area (Å²) in [5.74, 6) is -0.560. The molecule has 0 atom stereocenters. The van der Waals surface area contributed by atoms with Crippen molar-refractivity contribution in [3.8, 4) is 0 Å². The Balaban J connectivity index is 2.05. The van der Waals surface area contributed by atoms with Crippen LogP contribution < -0.4 is 5.56 Å². The smallest absolute Gasteiger partial charge is 0.248 e. The Labute approximate surface area is 113 Å². The van der Waals surface area contributed by atoms with Gasteiger partial charge in [0, 0.05) is 22.7 Å². The second kappa shape index (κ2) is 4.74. The van der Waals surface area contributed by atoms with E-state index in [-0.39, 0.29) is 17.2 Å². The SMILES string of the molecule is O=C(c1ccc(F)cc1)c1ccc2[nH]c(=O)ccc2c1. The van der Waals surface area contributed by atoms with Crippen LogP contribution >= 0.6 is 0 Å². The van der Waals surface area contributed by atoms with E-state index in [1.807, 2.05) is 0 Å². The molecule has 0 spiro atoms. The van der Waals surface area contributed by atoms with Gasteiger partial charge in [-0.3, -0.25) is 9.59 Å². The number of nitrogens with one attached hydrogen (secondary N) is 1. The molecule has 0 amide bonds. The maximum Gasteiger partial charge on any atom is 0.248 e. The Morgan fingerprint density at radius 1 is 0.900 bits per heavy atom. The number of aromatic nitrogens is 1. The van der Waals surface area contributed by atoms with Crippen molar-refractivity contribution in [1.82, 2.24) is 4.98 Å². The van der Waals surface area contributed by atoms with Crippen molar-refractivity contribution >= 4 is 16.7 Å². The van der Waals surface area contributed by atoms with Gasteiger partial charge >= 0.3 is 0 Å². The van der Waals surface area contributed by atoms with Gasteiger partial charge in [0.15, 0.2) is 5.78 Å². The number of fused-ring (bicyclic) bond motifs is 1. The molecule has 0 fully saturated rings. The van der Waals surface area contributed by atoms with E-state index in [2.05, 4.69) is 4.98 Å². The molecule has 3 aromatic rings. The maximum atomic E-state index is 12.9. The summed E-state index contributed by atoms with van der Waals surface area (Å²) in [6.07, 6.45) is 0. The van der Waals surface area contributed by atoms with Gasteiger partial charge in [0.05, 0.1) is 0 Å². The minimum Gasteiger partial charge on any atom is -0.322 e. The van der Waals surface area contributed by atoms with Crippen molar-refractivity contribution in [2.24, 2.45) is 0 Å². The molecule has 2 aromatic carbocycles. The Morgan fingerprint density at radius 3 is 2.35 bits per heavy atom. The van der Waals surface area contributed by atoms with Gasteiger partial charge in [-0.05, 0) is 53.9 Å². The lowest BCUT2D eigenvalue weighted by atomic mass is 10.0. The average Bonchev–Trinajstić information content (AvgIpc) is 2.47. The summed E-state index contributed by atoms with van der Waals surface area (Å²) < 4.78 is 12.9. The molecule has 1 aromatic heterocycles. The van der Waals surface area contributed by atoms with Crippen LogP contribution in [0.1, 0.15) is 15.9 Å². The van der Waals surface area contributed by atoms with Gasteiger partial charge in [-0.1, -0.05) is 0 Å². The minimum atomic E-state index is -0.377. The quantitative estimate of drug-likeness (QED) is 0.726. The zero-order valence-electron chi connectivity index (χ0n) is 10.4. The fraction of sp³-hybridized carbons (Fsp3) is 0. The Hall–Kier alpha value is -2.75. The first-order valence-electron chi connectivity index (χ1n) is 6.07. The number of hydrogen-bond donors (Lipinski definition) is 1. The van der Waals surface area contributed by atoms with Gasteiger partial charge in [-0.15, -0.1) is 0 Å². The number of ketones is 1. The molecular weight excluding hydrogens is 257 g/mol. The van der Waals surface area contributed by atoms with Crippen LogP contribution in [0.4, 0.5) is 4.39 Å². The largest absolute Gasteiger partial charge is 0.322 e. The van der Waals surface area contributed by atoms with Crippen molar-refractivity contribution < 1.29 is 9.18 Å².